The summed E-state index contributed by atoms with van der Waals surface area (Å²) < 4.78 is 6.01. The van der Waals surface area contributed by atoms with E-state index in [0.29, 0.717) is 30.3 Å². The molecule has 2 aromatic rings. The highest BCUT2D eigenvalue weighted by Gasteiger charge is 2.30. The van der Waals surface area contributed by atoms with Crippen molar-refractivity contribution in [1.29, 1.82) is 0 Å². The molecule has 0 fully saturated rings. The lowest BCUT2D eigenvalue weighted by atomic mass is 9.85. The molecule has 0 saturated carbocycles. The van der Waals surface area contributed by atoms with Crippen molar-refractivity contribution in [3.63, 3.8) is 0 Å². The molecule has 0 saturated heterocycles. The van der Waals surface area contributed by atoms with Gasteiger partial charge in [-0.15, -0.1) is 0 Å². The highest BCUT2D eigenvalue weighted by Crippen LogP contribution is 2.43. The number of halogens is 2. The predicted octanol–water partition coefficient (Wildman–Crippen LogP) is 4.25. The van der Waals surface area contributed by atoms with Gasteiger partial charge in [0.15, 0.2) is 11.6 Å². The van der Waals surface area contributed by atoms with E-state index in [0.717, 1.165) is 28.0 Å². The molecule has 0 amide bonds. The van der Waals surface area contributed by atoms with Gasteiger partial charge in [0.2, 0.25) is 0 Å². The van der Waals surface area contributed by atoms with Gasteiger partial charge in [-0.05, 0) is 29.2 Å². The molecule has 24 heavy (non-hydrogen) atoms. The van der Waals surface area contributed by atoms with Crippen LogP contribution in [0.4, 0.5) is 0 Å². The second kappa shape index (κ2) is 6.12. The van der Waals surface area contributed by atoms with Gasteiger partial charge in [-0.1, -0.05) is 56.1 Å². The van der Waals surface area contributed by atoms with E-state index in [4.69, 9.17) is 4.74 Å². The number of carbonyl (C=O) groups excluding carboxylic acids is 2. The molecule has 0 aromatic heterocycles. The Bertz CT molecular complexity index is 873. The van der Waals surface area contributed by atoms with Crippen LogP contribution in [0.15, 0.2) is 30.3 Å². The number of ether oxygens (including phenoxy) is 1. The van der Waals surface area contributed by atoms with Crippen LogP contribution in [0.5, 0.6) is 5.75 Å². The Hall–Kier alpha value is -1.46. The number of fused-ring (bicyclic) bond motifs is 5. The van der Waals surface area contributed by atoms with E-state index in [9.17, 15) is 9.59 Å². The smallest absolute Gasteiger partial charge is 0.173 e. The molecule has 1 heterocycles. The standard InChI is InChI=1S/C19H14Br2O3/c20-8-18(23)11-2-3-13-12(5-11)9-24-19-14(13)4-1-10-6-16(21)17(22)7-15(10)19/h1-5,16H,6-9H2. The molecule has 1 unspecified atom stereocenters. The SMILES string of the molecule is O=C(CBr)c1ccc2c(c1)COc1c-2ccc2c1CC(=O)C(Br)C2. The molecule has 0 radical (unpaired) electrons. The Morgan fingerprint density at radius 3 is 2.75 bits per heavy atom. The lowest BCUT2D eigenvalue weighted by molar-refractivity contribution is -0.118. The first kappa shape index (κ1) is 16.0. The van der Waals surface area contributed by atoms with Gasteiger partial charge in [0.1, 0.15) is 12.4 Å². The number of hydrogen-bond acceptors (Lipinski definition) is 3. The van der Waals surface area contributed by atoms with Gasteiger partial charge in [-0.2, -0.15) is 0 Å². The highest BCUT2D eigenvalue weighted by atomic mass is 79.9. The number of alkyl halides is 2. The van der Waals surface area contributed by atoms with Gasteiger partial charge < -0.3 is 4.74 Å². The molecular formula is C19H14Br2O3. The van der Waals surface area contributed by atoms with Crippen molar-refractivity contribution in [2.45, 2.75) is 24.3 Å². The van der Waals surface area contributed by atoms with E-state index < -0.39 is 0 Å². The van der Waals surface area contributed by atoms with Gasteiger partial charge in [-0.3, -0.25) is 9.59 Å². The summed E-state index contributed by atoms with van der Waals surface area (Å²) in [6.45, 7) is 0.425. The molecule has 0 spiro atoms. The summed E-state index contributed by atoms with van der Waals surface area (Å²) >= 11 is 6.66. The maximum Gasteiger partial charge on any atom is 0.173 e. The van der Waals surface area contributed by atoms with E-state index in [-0.39, 0.29) is 16.4 Å². The van der Waals surface area contributed by atoms with Gasteiger partial charge >= 0.3 is 0 Å². The van der Waals surface area contributed by atoms with Crippen molar-refractivity contribution in [2.75, 3.05) is 5.33 Å². The maximum atomic E-state index is 12.1. The van der Waals surface area contributed by atoms with Crippen LogP contribution < -0.4 is 4.74 Å². The molecule has 1 aliphatic heterocycles. The molecular weight excluding hydrogens is 436 g/mol. The molecule has 4 rings (SSSR count). The quantitative estimate of drug-likeness (QED) is 0.508. The fraction of sp³-hybridized carbons (Fsp3) is 0.263. The third-order valence-electron chi connectivity index (χ3n) is 4.67. The van der Waals surface area contributed by atoms with Crippen LogP contribution in [0.25, 0.3) is 11.1 Å². The summed E-state index contributed by atoms with van der Waals surface area (Å²) in [5.41, 5.74) is 5.97. The van der Waals surface area contributed by atoms with E-state index in [1.54, 1.807) is 0 Å². The Labute approximate surface area is 156 Å². The monoisotopic (exact) mass is 448 g/mol. The molecule has 0 N–H and O–H groups in total. The van der Waals surface area contributed by atoms with Gasteiger partial charge in [0.05, 0.1) is 10.2 Å². The minimum Gasteiger partial charge on any atom is -0.488 e. The fourth-order valence-corrected chi connectivity index (χ4v) is 4.23. The lowest BCUT2D eigenvalue weighted by Crippen LogP contribution is -2.26. The van der Waals surface area contributed by atoms with Crippen LogP contribution in [0, 0.1) is 0 Å². The number of rotatable bonds is 2. The van der Waals surface area contributed by atoms with Gasteiger partial charge in [0.25, 0.3) is 0 Å². The number of Topliss-reactive ketones (excluding diaryl/α,β-unsaturated/α-hetero) is 2. The van der Waals surface area contributed by atoms with Gasteiger partial charge in [-0.25, -0.2) is 0 Å². The highest BCUT2D eigenvalue weighted by molar-refractivity contribution is 9.10. The summed E-state index contributed by atoms with van der Waals surface area (Å²) in [5, 5.41) is 0.312. The summed E-state index contributed by atoms with van der Waals surface area (Å²) in [4.78, 5) is 23.9. The van der Waals surface area contributed by atoms with Crippen molar-refractivity contribution < 1.29 is 14.3 Å². The second-order valence-electron chi connectivity index (χ2n) is 6.11. The second-order valence-corrected chi connectivity index (χ2v) is 7.78. The Morgan fingerprint density at radius 1 is 1.17 bits per heavy atom. The van der Waals surface area contributed by atoms with Crippen molar-refractivity contribution in [1.82, 2.24) is 0 Å². The third-order valence-corrected chi connectivity index (χ3v) is 6.01. The van der Waals surface area contributed by atoms with Crippen molar-refractivity contribution in [3.8, 4) is 16.9 Å². The van der Waals surface area contributed by atoms with Crippen molar-refractivity contribution in [2.24, 2.45) is 0 Å². The first-order chi connectivity index (χ1) is 11.6. The number of ketones is 2. The van der Waals surface area contributed by atoms with Crippen LogP contribution >= 0.6 is 31.9 Å². The molecule has 122 valence electrons. The molecule has 0 bridgehead atoms. The molecule has 2 aromatic carbocycles. The zero-order chi connectivity index (χ0) is 16.8. The zero-order valence-corrected chi connectivity index (χ0v) is 15.9. The van der Waals surface area contributed by atoms with Gasteiger partial charge in [0, 0.05) is 23.1 Å². The molecule has 1 aliphatic carbocycles. The van der Waals surface area contributed by atoms with E-state index in [2.05, 4.69) is 44.0 Å². The van der Waals surface area contributed by atoms with Crippen LogP contribution in [0.3, 0.4) is 0 Å². The fourth-order valence-electron chi connectivity index (χ4n) is 3.40. The summed E-state index contributed by atoms with van der Waals surface area (Å²) in [6, 6.07) is 9.90. The van der Waals surface area contributed by atoms with Crippen molar-refractivity contribution >= 4 is 43.4 Å². The number of carbonyl (C=O) groups is 2. The minimum absolute atomic E-state index is 0.0583. The van der Waals surface area contributed by atoms with Crippen molar-refractivity contribution in [3.05, 3.63) is 52.6 Å². The van der Waals surface area contributed by atoms with E-state index in [1.807, 2.05) is 18.2 Å². The Balaban J connectivity index is 1.82. The predicted molar refractivity (Wildman–Crippen MR) is 99.5 cm³/mol. The Kier molecular flexibility index (Phi) is 4.09. The zero-order valence-electron chi connectivity index (χ0n) is 12.8. The average molecular weight is 450 g/mol. The van der Waals surface area contributed by atoms with Crippen LogP contribution in [-0.2, 0) is 24.2 Å². The molecule has 5 heteroatoms. The molecule has 2 aliphatic rings. The van der Waals surface area contributed by atoms with Crippen LogP contribution in [0.1, 0.15) is 27.0 Å². The Morgan fingerprint density at radius 2 is 1.96 bits per heavy atom. The first-order valence-electron chi connectivity index (χ1n) is 7.75. The third kappa shape index (κ3) is 2.54. The van der Waals surface area contributed by atoms with Crippen LogP contribution in [0.2, 0.25) is 0 Å². The minimum atomic E-state index is -0.100. The topological polar surface area (TPSA) is 43.4 Å². The normalized spacial score (nSPS) is 18.2. The largest absolute Gasteiger partial charge is 0.488 e. The van der Waals surface area contributed by atoms with E-state index in [1.165, 1.54) is 5.56 Å². The summed E-state index contributed by atoms with van der Waals surface area (Å²) in [7, 11) is 0. The maximum absolute atomic E-state index is 12.1. The lowest BCUT2D eigenvalue weighted by Gasteiger charge is -2.28. The molecule has 1 atom stereocenters. The number of benzene rings is 2. The van der Waals surface area contributed by atoms with E-state index >= 15 is 0 Å². The summed E-state index contributed by atoms with van der Waals surface area (Å²) in [5.74, 6) is 1.08. The summed E-state index contributed by atoms with van der Waals surface area (Å²) in [6.07, 6.45) is 1.11. The molecule has 3 nitrogen and oxygen atoms in total. The average Bonchev–Trinajstić information content (AvgIpc) is 2.61. The number of hydrogen-bond donors (Lipinski definition) is 0. The first-order valence-corrected chi connectivity index (χ1v) is 9.79. The van der Waals surface area contributed by atoms with Crippen LogP contribution in [-0.4, -0.2) is 21.7 Å².